The Morgan fingerprint density at radius 2 is 1.85 bits per heavy atom. The van der Waals surface area contributed by atoms with Crippen LogP contribution in [0.3, 0.4) is 0 Å². The van der Waals surface area contributed by atoms with E-state index >= 15 is 0 Å². The maximum Gasteiger partial charge on any atom is 0.389 e. The predicted molar refractivity (Wildman–Crippen MR) is 146 cm³/mol. The van der Waals surface area contributed by atoms with E-state index in [2.05, 4.69) is 9.97 Å². The van der Waals surface area contributed by atoms with Crippen LogP contribution in [0, 0.1) is 12.8 Å². The van der Waals surface area contributed by atoms with E-state index in [1.54, 1.807) is 30.3 Å². The van der Waals surface area contributed by atoms with Crippen LogP contribution < -0.4 is 10.5 Å². The molecule has 2 amide bonds. The fraction of sp³-hybridized carbons (Fsp3) is 0.433. The molecule has 3 N–H and O–H groups in total. The van der Waals surface area contributed by atoms with Gasteiger partial charge in [-0.3, -0.25) is 9.59 Å². The fourth-order valence-corrected chi connectivity index (χ4v) is 5.50. The number of likely N-dealkylation sites (tertiary alicyclic amines) is 1. The number of aryl methyl sites for hydroxylation is 1. The number of carbonyl (C=O) groups excluding carboxylic acids is 2. The van der Waals surface area contributed by atoms with Gasteiger partial charge in [-0.25, -0.2) is 4.98 Å². The largest absolute Gasteiger partial charge is 0.497 e. The highest BCUT2D eigenvalue weighted by Crippen LogP contribution is 2.41. The lowest BCUT2D eigenvalue weighted by molar-refractivity contribution is -0.181. The van der Waals surface area contributed by atoms with Crippen LogP contribution in [0.25, 0.3) is 0 Å². The second-order valence-electron chi connectivity index (χ2n) is 10.5. The summed E-state index contributed by atoms with van der Waals surface area (Å²) in [4.78, 5) is 35.0. The summed E-state index contributed by atoms with van der Waals surface area (Å²) in [5.41, 5.74) is 7.93. The van der Waals surface area contributed by atoms with Gasteiger partial charge in [0.2, 0.25) is 11.8 Å². The topological polar surface area (TPSA) is 111 Å². The highest BCUT2D eigenvalue weighted by atomic mass is 19.4. The van der Waals surface area contributed by atoms with Gasteiger partial charge in [0.05, 0.1) is 32.4 Å². The number of aromatic amines is 1. The molecule has 3 aromatic rings. The normalized spacial score (nSPS) is 16.1. The number of ether oxygens (including phenoxy) is 2. The summed E-state index contributed by atoms with van der Waals surface area (Å²) in [5, 5.41) is 0. The maximum absolute atomic E-state index is 14.1. The van der Waals surface area contributed by atoms with Crippen molar-refractivity contribution in [2.24, 2.45) is 11.7 Å². The van der Waals surface area contributed by atoms with Gasteiger partial charge in [0, 0.05) is 37.3 Å². The number of carbonyl (C=O) groups is 2. The first kappa shape index (κ1) is 30.1. The molecule has 1 saturated heterocycles. The SMILES string of the molecule is COc1ccc(CC(C(=O)N2CC(OCCCC(F)(F)F)(c3ccccc3C)C2)[C@@H](CC(N)=O)c2cnc[nH]2)cc1. The van der Waals surface area contributed by atoms with Crippen LogP contribution in [-0.4, -0.2) is 59.7 Å². The molecule has 1 aliphatic rings. The number of amides is 2. The maximum atomic E-state index is 14.1. The van der Waals surface area contributed by atoms with Gasteiger partial charge >= 0.3 is 6.18 Å². The lowest BCUT2D eigenvalue weighted by Gasteiger charge is -2.51. The number of hydrogen-bond acceptors (Lipinski definition) is 5. The van der Waals surface area contributed by atoms with E-state index in [1.165, 1.54) is 6.33 Å². The number of nitrogens with zero attached hydrogens (tertiary/aromatic N) is 2. The molecule has 220 valence electrons. The zero-order valence-corrected chi connectivity index (χ0v) is 23.1. The number of benzene rings is 2. The smallest absolute Gasteiger partial charge is 0.389 e. The Morgan fingerprint density at radius 1 is 1.15 bits per heavy atom. The van der Waals surface area contributed by atoms with Gasteiger partial charge in [-0.05, 0) is 48.6 Å². The van der Waals surface area contributed by atoms with Crippen molar-refractivity contribution in [2.75, 3.05) is 26.8 Å². The highest BCUT2D eigenvalue weighted by molar-refractivity contribution is 5.83. The molecule has 11 heteroatoms. The number of primary amides is 1. The number of methoxy groups -OCH3 is 1. The Labute approximate surface area is 237 Å². The molecule has 2 aromatic carbocycles. The van der Waals surface area contributed by atoms with Crippen molar-refractivity contribution < 1.29 is 32.2 Å². The zero-order chi connectivity index (χ0) is 29.6. The Hall–Kier alpha value is -3.86. The summed E-state index contributed by atoms with van der Waals surface area (Å²) in [6, 6.07) is 14.9. The average molecular weight is 573 g/mol. The summed E-state index contributed by atoms with van der Waals surface area (Å²) in [6.07, 6.45) is -2.06. The number of halogens is 3. The van der Waals surface area contributed by atoms with Crippen molar-refractivity contribution in [3.8, 4) is 5.75 Å². The highest BCUT2D eigenvalue weighted by Gasteiger charge is 2.50. The fourth-order valence-electron chi connectivity index (χ4n) is 5.50. The number of rotatable bonds is 13. The molecule has 1 aromatic heterocycles. The second-order valence-corrected chi connectivity index (χ2v) is 10.5. The van der Waals surface area contributed by atoms with Crippen molar-refractivity contribution in [2.45, 2.75) is 50.3 Å². The van der Waals surface area contributed by atoms with Gasteiger partial charge < -0.3 is 25.1 Å². The summed E-state index contributed by atoms with van der Waals surface area (Å²) in [7, 11) is 1.57. The first-order valence-corrected chi connectivity index (χ1v) is 13.5. The number of alkyl halides is 3. The third kappa shape index (κ3) is 7.46. The molecule has 0 aliphatic carbocycles. The van der Waals surface area contributed by atoms with E-state index in [9.17, 15) is 22.8 Å². The molecule has 1 unspecified atom stereocenters. The molecule has 0 bridgehead atoms. The quantitative estimate of drug-likeness (QED) is 0.290. The monoisotopic (exact) mass is 572 g/mol. The van der Waals surface area contributed by atoms with E-state index in [4.69, 9.17) is 15.2 Å². The second kappa shape index (κ2) is 12.8. The van der Waals surface area contributed by atoms with Crippen molar-refractivity contribution in [1.82, 2.24) is 14.9 Å². The average Bonchev–Trinajstić information content (AvgIpc) is 3.44. The molecule has 41 heavy (non-hydrogen) atoms. The Kier molecular flexibility index (Phi) is 9.37. The van der Waals surface area contributed by atoms with Gasteiger partial charge in [-0.1, -0.05) is 36.4 Å². The standard InChI is InChI=1S/C30H35F3N4O4/c1-20-6-3-4-7-25(20)29(41-13-5-12-30(31,32)33)17-37(18-29)28(39)24(14-21-8-10-22(40-2)11-9-21)23(15-27(34)38)26-16-35-19-36-26/h3-4,6-11,16,19,23-24H,5,12-15,17-18H2,1-2H3,(H2,34,38)(H,35,36)/t23-,24?/m1/s1. The molecule has 2 heterocycles. The summed E-state index contributed by atoms with van der Waals surface area (Å²) in [6.45, 7) is 2.17. The van der Waals surface area contributed by atoms with Crippen molar-refractivity contribution in [1.29, 1.82) is 0 Å². The van der Waals surface area contributed by atoms with Crippen molar-refractivity contribution >= 4 is 11.8 Å². The summed E-state index contributed by atoms with van der Waals surface area (Å²) in [5.74, 6) is -1.32. The van der Waals surface area contributed by atoms with Gasteiger partial charge in [0.25, 0.3) is 0 Å². The lowest BCUT2D eigenvalue weighted by Crippen LogP contribution is -2.64. The number of hydrogen-bond donors (Lipinski definition) is 2. The molecule has 8 nitrogen and oxygen atoms in total. The van der Waals surface area contributed by atoms with Crippen molar-refractivity contribution in [3.05, 3.63) is 83.4 Å². The van der Waals surface area contributed by atoms with Crippen LogP contribution in [0.15, 0.2) is 61.1 Å². The minimum Gasteiger partial charge on any atom is -0.497 e. The van der Waals surface area contributed by atoms with E-state index in [1.807, 2.05) is 43.3 Å². The molecule has 1 fully saturated rings. The first-order chi connectivity index (χ1) is 19.5. The zero-order valence-electron chi connectivity index (χ0n) is 23.1. The molecule has 0 radical (unpaired) electrons. The van der Waals surface area contributed by atoms with Gasteiger partial charge in [0.1, 0.15) is 11.4 Å². The van der Waals surface area contributed by atoms with E-state index < -0.39 is 35.9 Å². The third-order valence-corrected chi connectivity index (χ3v) is 7.58. The molecule has 4 rings (SSSR count). The van der Waals surface area contributed by atoms with Crippen LogP contribution in [-0.2, 0) is 26.3 Å². The third-order valence-electron chi connectivity index (χ3n) is 7.58. The predicted octanol–water partition coefficient (Wildman–Crippen LogP) is 4.64. The number of nitrogens with two attached hydrogens (primary N) is 1. The minimum absolute atomic E-state index is 0.0700. The molecule has 2 atom stereocenters. The van der Waals surface area contributed by atoms with Gasteiger partial charge in [0.15, 0.2) is 0 Å². The van der Waals surface area contributed by atoms with E-state index in [0.29, 0.717) is 17.9 Å². The van der Waals surface area contributed by atoms with Crippen LogP contribution in [0.5, 0.6) is 5.75 Å². The number of aromatic nitrogens is 2. The Morgan fingerprint density at radius 3 is 2.44 bits per heavy atom. The lowest BCUT2D eigenvalue weighted by atomic mass is 9.78. The summed E-state index contributed by atoms with van der Waals surface area (Å²) >= 11 is 0. The Bertz CT molecular complexity index is 1310. The molecule has 0 spiro atoms. The number of nitrogens with one attached hydrogen (secondary N) is 1. The first-order valence-electron chi connectivity index (χ1n) is 13.5. The molecule has 0 saturated carbocycles. The molecular formula is C30H35F3N4O4. The van der Waals surface area contributed by atoms with E-state index in [-0.39, 0.29) is 38.4 Å². The van der Waals surface area contributed by atoms with Crippen LogP contribution in [0.1, 0.15) is 47.6 Å². The van der Waals surface area contributed by atoms with Gasteiger partial charge in [-0.15, -0.1) is 0 Å². The Balaban J connectivity index is 1.60. The number of imidazole rings is 1. The summed E-state index contributed by atoms with van der Waals surface area (Å²) < 4.78 is 49.7. The molecule has 1 aliphatic heterocycles. The van der Waals surface area contributed by atoms with Gasteiger partial charge in [-0.2, -0.15) is 13.2 Å². The van der Waals surface area contributed by atoms with Crippen molar-refractivity contribution in [3.63, 3.8) is 0 Å². The number of H-pyrrole nitrogens is 1. The van der Waals surface area contributed by atoms with E-state index in [0.717, 1.165) is 16.7 Å². The van der Waals surface area contributed by atoms with Crippen LogP contribution in [0.4, 0.5) is 13.2 Å². The van der Waals surface area contributed by atoms with Crippen LogP contribution in [0.2, 0.25) is 0 Å². The molecular weight excluding hydrogens is 537 g/mol. The van der Waals surface area contributed by atoms with Crippen LogP contribution >= 0.6 is 0 Å². The minimum atomic E-state index is -4.27.